The number of benzene rings is 3. The zero-order valence-electron chi connectivity index (χ0n) is 18.2. The highest BCUT2D eigenvalue weighted by molar-refractivity contribution is 6.06. The second kappa shape index (κ2) is 8.55. The molecule has 0 saturated heterocycles. The van der Waals surface area contributed by atoms with E-state index in [0.717, 1.165) is 28.1 Å². The molecule has 3 aromatic carbocycles. The Bertz CT molecular complexity index is 1450. The van der Waals surface area contributed by atoms with E-state index in [9.17, 15) is 4.79 Å². The van der Waals surface area contributed by atoms with E-state index in [1.807, 2.05) is 68.4 Å². The Hall–Kier alpha value is -4.52. The predicted octanol–water partition coefficient (Wildman–Crippen LogP) is 5.48. The fourth-order valence-corrected chi connectivity index (χ4v) is 3.72. The first-order valence-electron chi connectivity index (χ1n) is 10.5. The monoisotopic (exact) mass is 435 g/mol. The van der Waals surface area contributed by atoms with Gasteiger partial charge in [-0.2, -0.15) is 0 Å². The summed E-state index contributed by atoms with van der Waals surface area (Å²) in [6.07, 6.45) is 3.23. The third kappa shape index (κ3) is 4.16. The molecule has 1 amide bonds. The van der Waals surface area contributed by atoms with Crippen LogP contribution in [0, 0.1) is 13.8 Å². The van der Waals surface area contributed by atoms with Gasteiger partial charge in [0.25, 0.3) is 5.91 Å². The lowest BCUT2D eigenvalue weighted by Crippen LogP contribution is -2.12. The summed E-state index contributed by atoms with van der Waals surface area (Å²) in [5.41, 5.74) is 4.86. The van der Waals surface area contributed by atoms with Crippen LogP contribution in [0.2, 0.25) is 0 Å². The predicted molar refractivity (Wildman–Crippen MR) is 127 cm³/mol. The minimum Gasteiger partial charge on any atom is -0.424 e. The van der Waals surface area contributed by atoms with Gasteiger partial charge in [-0.15, -0.1) is 0 Å². The quantitative estimate of drug-likeness (QED) is 0.395. The van der Waals surface area contributed by atoms with Crippen molar-refractivity contribution in [1.29, 1.82) is 0 Å². The van der Waals surface area contributed by atoms with Crippen molar-refractivity contribution in [2.24, 2.45) is 0 Å². The highest BCUT2D eigenvalue weighted by atomic mass is 16.5. The number of fused-ring (bicyclic) bond motifs is 1. The molecular formula is C26H21N5O2. The van der Waals surface area contributed by atoms with Crippen LogP contribution in [0.15, 0.2) is 85.2 Å². The number of carbonyl (C=O) groups is 1. The molecule has 0 aliphatic rings. The Morgan fingerprint density at radius 3 is 2.45 bits per heavy atom. The number of hydrogen-bond donors (Lipinski definition) is 1. The van der Waals surface area contributed by atoms with E-state index < -0.39 is 0 Å². The largest absolute Gasteiger partial charge is 0.424 e. The van der Waals surface area contributed by atoms with Crippen molar-refractivity contribution >= 4 is 22.6 Å². The van der Waals surface area contributed by atoms with Gasteiger partial charge < -0.3 is 10.1 Å². The Kier molecular flexibility index (Phi) is 5.28. The molecule has 2 heterocycles. The molecule has 5 rings (SSSR count). The van der Waals surface area contributed by atoms with Gasteiger partial charge in [0.2, 0.25) is 0 Å². The fraction of sp³-hybridized carbons (Fsp3) is 0.0769. The smallest absolute Gasteiger partial charge is 0.321 e. The molecule has 0 aliphatic carbocycles. The molecule has 0 unspecified atom stereocenters. The number of nitrogens with zero attached hydrogens (tertiary/aromatic N) is 4. The summed E-state index contributed by atoms with van der Waals surface area (Å²) in [4.78, 5) is 25.7. The number of amides is 1. The number of aryl methyl sites for hydroxylation is 2. The molecule has 0 saturated carbocycles. The summed E-state index contributed by atoms with van der Waals surface area (Å²) in [5, 5.41) is 2.98. The third-order valence-corrected chi connectivity index (χ3v) is 5.30. The number of hydrogen-bond acceptors (Lipinski definition) is 5. The SMILES string of the molecule is Cc1cc(Oc2ncccn2)ccc1NC(=O)c1ccc2c(c1)nc(C)n2-c1ccccc1. The first kappa shape index (κ1) is 20.4. The van der Waals surface area contributed by atoms with Crippen LogP contribution in [0.4, 0.5) is 5.69 Å². The van der Waals surface area contributed by atoms with Crippen molar-refractivity contribution in [1.82, 2.24) is 19.5 Å². The molecule has 0 spiro atoms. The average Bonchev–Trinajstić information content (AvgIpc) is 3.17. The van der Waals surface area contributed by atoms with Crippen LogP contribution in [0.25, 0.3) is 16.7 Å². The van der Waals surface area contributed by atoms with Gasteiger partial charge >= 0.3 is 6.01 Å². The van der Waals surface area contributed by atoms with Gasteiger partial charge in [-0.3, -0.25) is 9.36 Å². The highest BCUT2D eigenvalue weighted by Crippen LogP contribution is 2.26. The van der Waals surface area contributed by atoms with Crippen LogP contribution in [-0.4, -0.2) is 25.4 Å². The molecule has 2 aromatic heterocycles. The minimum absolute atomic E-state index is 0.202. The van der Waals surface area contributed by atoms with Crippen LogP contribution in [0.1, 0.15) is 21.7 Å². The maximum Gasteiger partial charge on any atom is 0.321 e. The van der Waals surface area contributed by atoms with Crippen molar-refractivity contribution in [2.45, 2.75) is 13.8 Å². The molecule has 0 bridgehead atoms. The van der Waals surface area contributed by atoms with Gasteiger partial charge in [-0.25, -0.2) is 15.0 Å². The first-order chi connectivity index (χ1) is 16.1. The summed E-state index contributed by atoms with van der Waals surface area (Å²) in [5.74, 6) is 1.26. The molecule has 1 N–H and O–H groups in total. The van der Waals surface area contributed by atoms with Gasteiger partial charge in [-0.1, -0.05) is 18.2 Å². The normalized spacial score (nSPS) is 10.8. The van der Waals surface area contributed by atoms with Gasteiger partial charge in [0.05, 0.1) is 11.0 Å². The summed E-state index contributed by atoms with van der Waals surface area (Å²) < 4.78 is 7.74. The van der Waals surface area contributed by atoms with Crippen molar-refractivity contribution < 1.29 is 9.53 Å². The minimum atomic E-state index is -0.202. The Balaban J connectivity index is 1.37. The lowest BCUT2D eigenvalue weighted by Gasteiger charge is -2.11. The second-order valence-electron chi connectivity index (χ2n) is 7.60. The lowest BCUT2D eigenvalue weighted by molar-refractivity contribution is 0.102. The zero-order chi connectivity index (χ0) is 22.8. The number of aromatic nitrogens is 4. The van der Waals surface area contributed by atoms with E-state index in [-0.39, 0.29) is 11.9 Å². The van der Waals surface area contributed by atoms with Crippen molar-refractivity contribution in [3.63, 3.8) is 0 Å². The van der Waals surface area contributed by atoms with E-state index in [2.05, 4.69) is 24.8 Å². The van der Waals surface area contributed by atoms with Gasteiger partial charge in [0.15, 0.2) is 0 Å². The molecule has 0 aliphatic heterocycles. The highest BCUT2D eigenvalue weighted by Gasteiger charge is 2.14. The van der Waals surface area contributed by atoms with Crippen molar-refractivity contribution in [3.8, 4) is 17.4 Å². The van der Waals surface area contributed by atoms with Crippen LogP contribution < -0.4 is 10.1 Å². The molecule has 0 radical (unpaired) electrons. The summed E-state index contributed by atoms with van der Waals surface area (Å²) in [6, 6.07) is 23.0. The van der Waals surface area contributed by atoms with E-state index in [1.165, 1.54) is 0 Å². The molecular weight excluding hydrogens is 414 g/mol. The Morgan fingerprint density at radius 1 is 0.909 bits per heavy atom. The Morgan fingerprint density at radius 2 is 1.70 bits per heavy atom. The Labute approximate surface area is 190 Å². The van der Waals surface area contributed by atoms with Gasteiger partial charge in [0.1, 0.15) is 11.6 Å². The van der Waals surface area contributed by atoms with E-state index in [1.54, 1.807) is 30.6 Å². The number of ether oxygens (including phenoxy) is 1. The fourth-order valence-electron chi connectivity index (χ4n) is 3.72. The van der Waals surface area contributed by atoms with E-state index in [4.69, 9.17) is 4.74 Å². The number of nitrogens with one attached hydrogen (secondary N) is 1. The van der Waals surface area contributed by atoms with Crippen molar-refractivity contribution in [2.75, 3.05) is 5.32 Å². The summed E-state index contributed by atoms with van der Waals surface area (Å²) >= 11 is 0. The zero-order valence-corrected chi connectivity index (χ0v) is 18.2. The van der Waals surface area contributed by atoms with Gasteiger partial charge in [-0.05, 0) is 74.0 Å². The van der Waals surface area contributed by atoms with Crippen LogP contribution in [0.5, 0.6) is 11.8 Å². The van der Waals surface area contributed by atoms with Crippen LogP contribution in [-0.2, 0) is 0 Å². The molecule has 5 aromatic rings. The number of anilines is 1. The molecule has 0 atom stereocenters. The number of imidazole rings is 1. The lowest BCUT2D eigenvalue weighted by atomic mass is 10.1. The van der Waals surface area contributed by atoms with Crippen molar-refractivity contribution in [3.05, 3.63) is 102 Å². The molecule has 162 valence electrons. The van der Waals surface area contributed by atoms with Gasteiger partial charge in [0, 0.05) is 29.3 Å². The molecule has 7 nitrogen and oxygen atoms in total. The third-order valence-electron chi connectivity index (χ3n) is 5.30. The standard InChI is InChI=1S/C26H21N5O2/c1-17-15-21(33-26-27-13-6-14-28-26)10-11-22(17)30-25(32)19-9-12-24-23(16-19)29-18(2)31(24)20-7-4-3-5-8-20/h3-16H,1-2H3,(H,30,32). The van der Waals surface area contributed by atoms with Crippen LogP contribution >= 0.6 is 0 Å². The second-order valence-corrected chi connectivity index (χ2v) is 7.60. The molecule has 0 fully saturated rings. The topological polar surface area (TPSA) is 81.9 Å². The van der Waals surface area contributed by atoms with Crippen LogP contribution in [0.3, 0.4) is 0 Å². The van der Waals surface area contributed by atoms with E-state index in [0.29, 0.717) is 17.0 Å². The molecule has 33 heavy (non-hydrogen) atoms. The number of carbonyl (C=O) groups excluding carboxylic acids is 1. The summed E-state index contributed by atoms with van der Waals surface area (Å²) in [7, 11) is 0. The number of para-hydroxylation sites is 1. The maximum absolute atomic E-state index is 13.0. The summed E-state index contributed by atoms with van der Waals surface area (Å²) in [6.45, 7) is 3.86. The first-order valence-corrected chi connectivity index (χ1v) is 10.5. The average molecular weight is 435 g/mol. The molecule has 7 heteroatoms. The maximum atomic E-state index is 13.0. The van der Waals surface area contributed by atoms with E-state index >= 15 is 0 Å². The number of rotatable bonds is 5.